The Morgan fingerprint density at radius 3 is 2.71 bits per heavy atom. The van der Waals surface area contributed by atoms with Crippen LogP contribution in [0.2, 0.25) is 0 Å². The van der Waals surface area contributed by atoms with Gasteiger partial charge in [-0.1, -0.05) is 0 Å². The smallest absolute Gasteiger partial charge is 0.264 e. The molecule has 0 aliphatic rings. The topological polar surface area (TPSA) is 43.4 Å². The molecule has 1 rings (SSSR count). The van der Waals surface area contributed by atoms with Gasteiger partial charge in [-0.3, -0.25) is 0 Å². The van der Waals surface area contributed by atoms with Gasteiger partial charge in [0.25, 0.3) is 9.05 Å². The number of halogens is 3. The molecule has 8 heteroatoms. The highest BCUT2D eigenvalue weighted by atomic mass is 79.9. The van der Waals surface area contributed by atoms with Crippen molar-refractivity contribution in [3.8, 4) is 5.75 Å². The van der Waals surface area contributed by atoms with Crippen LogP contribution >= 0.6 is 38.4 Å². The Bertz CT molecular complexity index is 507. The summed E-state index contributed by atoms with van der Waals surface area (Å²) in [6.45, 7) is 0.409. The predicted molar refractivity (Wildman–Crippen MR) is 71.0 cm³/mol. The normalized spacial score (nSPS) is 11.5. The molecule has 0 aliphatic carbocycles. The van der Waals surface area contributed by atoms with E-state index >= 15 is 0 Å². The summed E-state index contributed by atoms with van der Waals surface area (Å²) in [6, 6.07) is 2.09. The molecule has 0 spiro atoms. The standard InChI is InChI=1S/C9H9BrClFO3S2/c1-16-3-2-15-8-5-7(12)9(4-6(8)10)17(11,13)14/h4-5H,2-3H2,1H3. The fourth-order valence-electron chi connectivity index (χ4n) is 1.04. The van der Waals surface area contributed by atoms with E-state index in [0.717, 1.165) is 17.9 Å². The lowest BCUT2D eigenvalue weighted by molar-refractivity contribution is 0.339. The molecule has 0 fully saturated rings. The van der Waals surface area contributed by atoms with Crippen molar-refractivity contribution < 1.29 is 17.5 Å². The van der Waals surface area contributed by atoms with Crippen molar-refractivity contribution >= 4 is 47.4 Å². The Labute approximate surface area is 116 Å². The Kier molecular flexibility index (Phi) is 5.56. The second-order valence-corrected chi connectivity index (χ2v) is 7.37. The molecule has 0 saturated heterocycles. The average Bonchev–Trinajstić information content (AvgIpc) is 2.21. The fraction of sp³-hybridized carbons (Fsp3) is 0.333. The zero-order valence-electron chi connectivity index (χ0n) is 8.74. The van der Waals surface area contributed by atoms with Crippen molar-refractivity contribution in [2.45, 2.75) is 4.90 Å². The van der Waals surface area contributed by atoms with E-state index in [4.69, 9.17) is 15.4 Å². The summed E-state index contributed by atoms with van der Waals surface area (Å²) in [5.41, 5.74) is 0. The molecule has 0 unspecified atom stereocenters. The molecule has 0 aromatic heterocycles. The first-order valence-electron chi connectivity index (χ1n) is 4.41. The molecule has 0 atom stereocenters. The van der Waals surface area contributed by atoms with Crippen molar-refractivity contribution in [1.82, 2.24) is 0 Å². The van der Waals surface area contributed by atoms with Gasteiger partial charge in [-0.25, -0.2) is 12.8 Å². The molecule has 0 radical (unpaired) electrons. The third-order valence-electron chi connectivity index (χ3n) is 1.79. The van der Waals surface area contributed by atoms with E-state index in [0.29, 0.717) is 11.1 Å². The van der Waals surface area contributed by atoms with Crippen LogP contribution in [0.15, 0.2) is 21.5 Å². The van der Waals surface area contributed by atoms with Crippen molar-refractivity contribution in [3.63, 3.8) is 0 Å². The highest BCUT2D eigenvalue weighted by Gasteiger charge is 2.19. The molecule has 0 saturated carbocycles. The predicted octanol–water partition coefficient (Wildman–Crippen LogP) is 3.26. The van der Waals surface area contributed by atoms with Crippen LogP contribution in [0, 0.1) is 5.82 Å². The minimum atomic E-state index is -4.09. The number of thioether (sulfide) groups is 1. The highest BCUT2D eigenvalue weighted by molar-refractivity contribution is 9.10. The number of hydrogen-bond acceptors (Lipinski definition) is 4. The van der Waals surface area contributed by atoms with E-state index in [1.165, 1.54) is 0 Å². The van der Waals surface area contributed by atoms with Gasteiger partial charge in [-0.2, -0.15) is 11.8 Å². The largest absolute Gasteiger partial charge is 0.491 e. The van der Waals surface area contributed by atoms with Crippen LogP contribution in [0.5, 0.6) is 5.75 Å². The lowest BCUT2D eigenvalue weighted by atomic mass is 10.3. The van der Waals surface area contributed by atoms with E-state index in [9.17, 15) is 12.8 Å². The van der Waals surface area contributed by atoms with Crippen LogP contribution in [-0.4, -0.2) is 27.0 Å². The van der Waals surface area contributed by atoms with E-state index < -0.39 is 19.8 Å². The lowest BCUT2D eigenvalue weighted by Crippen LogP contribution is -2.02. The van der Waals surface area contributed by atoms with Gasteiger partial charge in [-0.15, -0.1) is 0 Å². The minimum absolute atomic E-state index is 0.251. The Hall–Kier alpha value is 0.0200. The number of hydrogen-bond donors (Lipinski definition) is 0. The van der Waals surface area contributed by atoms with Crippen LogP contribution in [0.3, 0.4) is 0 Å². The van der Waals surface area contributed by atoms with Gasteiger partial charge in [0.05, 0.1) is 11.1 Å². The molecule has 96 valence electrons. The van der Waals surface area contributed by atoms with E-state index in [2.05, 4.69) is 15.9 Å². The Balaban J connectivity index is 3.02. The van der Waals surface area contributed by atoms with Gasteiger partial charge in [0, 0.05) is 22.5 Å². The number of benzene rings is 1. The molecular formula is C9H9BrClFO3S2. The first-order chi connectivity index (χ1) is 7.86. The van der Waals surface area contributed by atoms with Crippen molar-refractivity contribution in [1.29, 1.82) is 0 Å². The van der Waals surface area contributed by atoms with Gasteiger partial charge in [0.1, 0.15) is 16.5 Å². The third-order valence-corrected chi connectivity index (χ3v) is 4.33. The first-order valence-corrected chi connectivity index (χ1v) is 8.91. The molecule has 1 aromatic carbocycles. The lowest BCUT2D eigenvalue weighted by Gasteiger charge is -2.09. The summed E-state index contributed by atoms with van der Waals surface area (Å²) in [5, 5.41) is 0. The monoisotopic (exact) mass is 362 g/mol. The zero-order valence-corrected chi connectivity index (χ0v) is 12.7. The molecular weight excluding hydrogens is 355 g/mol. The molecule has 1 aromatic rings. The fourth-order valence-corrected chi connectivity index (χ4v) is 2.81. The molecule has 17 heavy (non-hydrogen) atoms. The summed E-state index contributed by atoms with van der Waals surface area (Å²) < 4.78 is 41.2. The molecule has 0 amide bonds. The van der Waals surface area contributed by atoms with Crippen molar-refractivity contribution in [2.75, 3.05) is 18.6 Å². The summed E-state index contributed by atoms with van der Waals surface area (Å²) in [6.07, 6.45) is 1.92. The third kappa shape index (κ3) is 4.31. The van der Waals surface area contributed by atoms with Gasteiger partial charge < -0.3 is 4.74 Å². The summed E-state index contributed by atoms with van der Waals surface area (Å²) >= 11 is 4.69. The van der Waals surface area contributed by atoms with Crippen LogP contribution in [0.1, 0.15) is 0 Å². The highest BCUT2D eigenvalue weighted by Crippen LogP contribution is 2.31. The first kappa shape index (κ1) is 15.1. The van der Waals surface area contributed by atoms with Gasteiger partial charge in [0.15, 0.2) is 0 Å². The van der Waals surface area contributed by atoms with Crippen molar-refractivity contribution in [3.05, 3.63) is 22.4 Å². The molecule has 3 nitrogen and oxygen atoms in total. The maximum Gasteiger partial charge on any atom is 0.264 e. The minimum Gasteiger partial charge on any atom is -0.491 e. The SMILES string of the molecule is CSCCOc1cc(F)c(S(=O)(=O)Cl)cc1Br. The zero-order chi connectivity index (χ0) is 13.1. The second-order valence-electron chi connectivity index (χ2n) is 2.99. The molecule has 0 aliphatic heterocycles. The van der Waals surface area contributed by atoms with E-state index in [-0.39, 0.29) is 5.75 Å². The van der Waals surface area contributed by atoms with Gasteiger partial charge in [0.2, 0.25) is 0 Å². The summed E-state index contributed by atoms with van der Waals surface area (Å²) in [5.74, 6) is 0.0758. The van der Waals surface area contributed by atoms with Gasteiger partial charge in [-0.05, 0) is 28.3 Å². The quantitative estimate of drug-likeness (QED) is 0.595. The molecule has 0 bridgehead atoms. The van der Waals surface area contributed by atoms with Crippen LogP contribution in [0.4, 0.5) is 4.39 Å². The maximum absolute atomic E-state index is 13.5. The van der Waals surface area contributed by atoms with Crippen LogP contribution in [0.25, 0.3) is 0 Å². The van der Waals surface area contributed by atoms with E-state index in [1.807, 2.05) is 6.26 Å². The second kappa shape index (κ2) is 6.26. The summed E-state index contributed by atoms with van der Waals surface area (Å²) in [4.78, 5) is -0.566. The molecule has 0 N–H and O–H groups in total. The Morgan fingerprint density at radius 1 is 1.53 bits per heavy atom. The Morgan fingerprint density at radius 2 is 2.18 bits per heavy atom. The average molecular weight is 364 g/mol. The van der Waals surface area contributed by atoms with E-state index in [1.54, 1.807) is 11.8 Å². The number of ether oxygens (including phenoxy) is 1. The van der Waals surface area contributed by atoms with Gasteiger partial charge >= 0.3 is 0 Å². The van der Waals surface area contributed by atoms with Crippen LogP contribution < -0.4 is 4.74 Å². The summed E-state index contributed by atoms with van der Waals surface area (Å²) in [7, 11) is 0.992. The maximum atomic E-state index is 13.5. The van der Waals surface area contributed by atoms with Crippen LogP contribution in [-0.2, 0) is 9.05 Å². The van der Waals surface area contributed by atoms with Crippen molar-refractivity contribution in [2.24, 2.45) is 0 Å². The molecule has 0 heterocycles. The number of rotatable bonds is 5.